The zero-order valence-corrected chi connectivity index (χ0v) is 26.9. The normalized spacial score (nSPS) is 11.5. The van der Waals surface area contributed by atoms with Crippen LogP contribution in [-0.2, 0) is 0 Å². The number of hydrogen-bond acceptors (Lipinski definition) is 4. The zero-order valence-electron chi connectivity index (χ0n) is 26.9. The second-order valence-corrected chi connectivity index (χ2v) is 12.6. The van der Waals surface area contributed by atoms with Gasteiger partial charge < -0.3 is 13.6 Å². The highest BCUT2D eigenvalue weighted by Gasteiger charge is 2.25. The fourth-order valence-corrected chi connectivity index (χ4v) is 7.97. The first-order valence-electron chi connectivity index (χ1n) is 16.5. The molecule has 51 heavy (non-hydrogen) atoms. The molecule has 0 aliphatic carbocycles. The summed E-state index contributed by atoms with van der Waals surface area (Å²) in [4.78, 5) is 0. The Bertz CT molecular complexity index is 3190. The summed E-state index contributed by atoms with van der Waals surface area (Å²) in [6.45, 7) is 0. The summed E-state index contributed by atoms with van der Waals surface area (Å²) >= 11 is 0. The summed E-state index contributed by atoms with van der Waals surface area (Å²) in [6, 6.07) is 52.9. The molecule has 0 bridgehead atoms. The fourth-order valence-electron chi connectivity index (χ4n) is 7.97. The number of hydrogen-bond donors (Lipinski definition) is 0. The number of nitriles is 3. The highest BCUT2D eigenvalue weighted by Crippen LogP contribution is 2.44. The SMILES string of the molecule is N#Cc1cc(-c2cccc(C#N)c2-n2c3ccccc3c3ccccc32)c(C#N)c(-n2c3ccccc3c3ccc4oc5ccccc5c4c32)c1. The lowest BCUT2D eigenvalue weighted by Crippen LogP contribution is -2.05. The van der Waals surface area contributed by atoms with Crippen LogP contribution in [0.4, 0.5) is 0 Å². The van der Waals surface area contributed by atoms with E-state index in [-0.39, 0.29) is 0 Å². The molecule has 0 fully saturated rings. The maximum Gasteiger partial charge on any atom is 0.137 e. The van der Waals surface area contributed by atoms with E-state index in [0.717, 1.165) is 65.6 Å². The quantitative estimate of drug-likeness (QED) is 0.190. The second-order valence-electron chi connectivity index (χ2n) is 12.6. The number of nitrogens with zero attached hydrogens (tertiary/aromatic N) is 5. The van der Waals surface area contributed by atoms with Gasteiger partial charge >= 0.3 is 0 Å². The molecular weight excluding hydrogens is 627 g/mol. The summed E-state index contributed by atoms with van der Waals surface area (Å²) in [5.74, 6) is 0. The summed E-state index contributed by atoms with van der Waals surface area (Å²) < 4.78 is 10.5. The maximum absolute atomic E-state index is 11.2. The molecule has 3 heterocycles. The smallest absolute Gasteiger partial charge is 0.137 e. The molecule has 0 saturated carbocycles. The Morgan fingerprint density at radius 2 is 1.10 bits per heavy atom. The number of para-hydroxylation sites is 5. The van der Waals surface area contributed by atoms with Gasteiger partial charge in [-0.05, 0) is 54.6 Å². The van der Waals surface area contributed by atoms with Crippen molar-refractivity contribution in [3.63, 3.8) is 0 Å². The van der Waals surface area contributed by atoms with E-state index in [0.29, 0.717) is 39.2 Å². The van der Waals surface area contributed by atoms with Gasteiger partial charge in [0, 0.05) is 38.1 Å². The van der Waals surface area contributed by atoms with Gasteiger partial charge in [-0.25, -0.2) is 0 Å². The lowest BCUT2D eigenvalue weighted by atomic mass is 9.93. The number of fused-ring (bicyclic) bond motifs is 10. The third kappa shape index (κ3) is 3.89. The largest absolute Gasteiger partial charge is 0.456 e. The second kappa shape index (κ2) is 10.7. The third-order valence-electron chi connectivity index (χ3n) is 10.0. The first kappa shape index (κ1) is 28.4. The van der Waals surface area contributed by atoms with E-state index in [2.05, 4.69) is 57.7 Å². The Morgan fingerprint density at radius 3 is 1.76 bits per heavy atom. The van der Waals surface area contributed by atoms with Crippen LogP contribution in [-0.4, -0.2) is 9.13 Å². The fraction of sp³-hybridized carbons (Fsp3) is 0. The van der Waals surface area contributed by atoms with E-state index < -0.39 is 0 Å². The van der Waals surface area contributed by atoms with Crippen LogP contribution in [0.15, 0.2) is 144 Å². The number of aromatic nitrogens is 2. The van der Waals surface area contributed by atoms with E-state index in [1.165, 1.54) is 0 Å². The van der Waals surface area contributed by atoms with Crippen molar-refractivity contribution in [1.82, 2.24) is 9.13 Å². The van der Waals surface area contributed by atoms with E-state index >= 15 is 0 Å². The van der Waals surface area contributed by atoms with Crippen LogP contribution in [0.5, 0.6) is 0 Å². The molecule has 3 aromatic heterocycles. The van der Waals surface area contributed by atoms with Crippen molar-refractivity contribution < 1.29 is 4.42 Å². The topological polar surface area (TPSA) is 94.4 Å². The lowest BCUT2D eigenvalue weighted by molar-refractivity contribution is 0.669. The molecule has 7 aromatic carbocycles. The monoisotopic (exact) mass is 649 g/mol. The van der Waals surface area contributed by atoms with Crippen molar-refractivity contribution in [1.29, 1.82) is 15.8 Å². The third-order valence-corrected chi connectivity index (χ3v) is 10.0. The zero-order chi connectivity index (χ0) is 34.2. The molecule has 0 saturated heterocycles. The summed E-state index contributed by atoms with van der Waals surface area (Å²) in [5.41, 5.74) is 8.88. The Morgan fingerprint density at radius 1 is 0.471 bits per heavy atom. The minimum absolute atomic E-state index is 0.388. The Balaban J connectivity index is 1.37. The maximum atomic E-state index is 11.2. The molecule has 0 unspecified atom stereocenters. The van der Waals surface area contributed by atoms with Gasteiger partial charge in [0.25, 0.3) is 0 Å². The minimum Gasteiger partial charge on any atom is -0.456 e. The van der Waals surface area contributed by atoms with Crippen molar-refractivity contribution in [3.8, 4) is 40.7 Å². The van der Waals surface area contributed by atoms with Crippen molar-refractivity contribution in [2.45, 2.75) is 0 Å². The van der Waals surface area contributed by atoms with Crippen LogP contribution in [0.25, 0.3) is 88.1 Å². The van der Waals surface area contributed by atoms with Gasteiger partial charge in [-0.3, -0.25) is 0 Å². The minimum atomic E-state index is 0.388. The Kier molecular flexibility index (Phi) is 5.97. The number of furan rings is 1. The van der Waals surface area contributed by atoms with E-state index in [9.17, 15) is 15.8 Å². The van der Waals surface area contributed by atoms with Gasteiger partial charge in [0.2, 0.25) is 0 Å². The predicted molar refractivity (Wildman–Crippen MR) is 202 cm³/mol. The molecule has 6 nitrogen and oxygen atoms in total. The van der Waals surface area contributed by atoms with Gasteiger partial charge in [-0.1, -0.05) is 84.9 Å². The molecule has 0 atom stereocenters. The van der Waals surface area contributed by atoms with Crippen LogP contribution >= 0.6 is 0 Å². The summed E-state index contributed by atoms with van der Waals surface area (Å²) in [5, 5.41) is 38.3. The lowest BCUT2D eigenvalue weighted by Gasteiger charge is -2.19. The molecule has 6 heteroatoms. The van der Waals surface area contributed by atoms with Gasteiger partial charge in [0.05, 0.1) is 61.6 Å². The van der Waals surface area contributed by atoms with Crippen molar-refractivity contribution in [2.24, 2.45) is 0 Å². The molecule has 0 amide bonds. The Labute approximate surface area is 291 Å². The van der Waals surface area contributed by atoms with Crippen LogP contribution < -0.4 is 0 Å². The molecule has 0 aliphatic rings. The molecule has 10 aromatic rings. The first-order valence-corrected chi connectivity index (χ1v) is 16.5. The molecule has 0 N–H and O–H groups in total. The first-order chi connectivity index (χ1) is 25.2. The van der Waals surface area contributed by atoms with Crippen molar-refractivity contribution in [2.75, 3.05) is 0 Å². The highest BCUT2D eigenvalue weighted by molar-refractivity contribution is 6.24. The average Bonchev–Trinajstić information content (AvgIpc) is 3.84. The Hall–Kier alpha value is -7.59. The van der Waals surface area contributed by atoms with Crippen molar-refractivity contribution in [3.05, 3.63) is 156 Å². The molecule has 0 spiro atoms. The van der Waals surface area contributed by atoms with Gasteiger partial charge in [0.1, 0.15) is 23.3 Å². The highest BCUT2D eigenvalue weighted by atomic mass is 16.3. The van der Waals surface area contributed by atoms with Crippen LogP contribution in [0.3, 0.4) is 0 Å². The van der Waals surface area contributed by atoms with E-state index in [1.54, 1.807) is 18.2 Å². The van der Waals surface area contributed by atoms with Gasteiger partial charge in [-0.15, -0.1) is 0 Å². The van der Waals surface area contributed by atoms with E-state index in [1.807, 2.05) is 91.0 Å². The predicted octanol–water partition coefficient (Wildman–Crippen LogP) is 11.1. The summed E-state index contributed by atoms with van der Waals surface area (Å²) in [6.07, 6.45) is 0. The molecular formula is C45H23N5O. The number of rotatable bonds is 3. The van der Waals surface area contributed by atoms with Crippen LogP contribution in [0.1, 0.15) is 16.7 Å². The summed E-state index contributed by atoms with van der Waals surface area (Å²) in [7, 11) is 0. The molecule has 10 rings (SSSR count). The van der Waals surface area contributed by atoms with Crippen LogP contribution in [0, 0.1) is 34.0 Å². The standard InChI is InChI=1S/C45H23N5O/c46-24-27-22-35(32-15-9-10-28(25-47)44(32)49-37-16-5-1-11-29(37)30-12-2-6-17-38(30)49)36(26-48)40(23-27)50-39-18-7-3-13-31(39)33-20-21-42-43(45(33)50)34-14-4-8-19-41(34)51-42/h1-23H. The van der Waals surface area contributed by atoms with Gasteiger partial charge in [0.15, 0.2) is 0 Å². The van der Waals surface area contributed by atoms with E-state index in [4.69, 9.17) is 4.42 Å². The molecule has 0 aliphatic heterocycles. The van der Waals surface area contributed by atoms with Crippen LogP contribution in [0.2, 0.25) is 0 Å². The molecule has 0 radical (unpaired) electrons. The average molecular weight is 650 g/mol. The molecule has 234 valence electrons. The number of benzene rings is 7. The van der Waals surface area contributed by atoms with Crippen molar-refractivity contribution >= 4 is 65.6 Å². The van der Waals surface area contributed by atoms with Gasteiger partial charge in [-0.2, -0.15) is 15.8 Å².